The lowest BCUT2D eigenvalue weighted by molar-refractivity contribution is 0.884. The van der Waals surface area contributed by atoms with Gasteiger partial charge >= 0.3 is 0 Å². The maximum absolute atomic E-state index is 9.46. The van der Waals surface area contributed by atoms with Gasteiger partial charge < -0.3 is 0 Å². The Morgan fingerprint density at radius 2 is 1.35 bits per heavy atom. The summed E-state index contributed by atoms with van der Waals surface area (Å²) in [5, 5.41) is 23.7. The molecule has 0 unspecified atom stereocenters. The van der Waals surface area contributed by atoms with Crippen molar-refractivity contribution in [3.8, 4) is 29.1 Å². The van der Waals surface area contributed by atoms with Crippen molar-refractivity contribution in [1.29, 1.82) is 10.5 Å². The van der Waals surface area contributed by atoms with Crippen molar-refractivity contribution in [3.05, 3.63) is 120 Å². The fraction of sp³-hybridized carbons (Fsp3) is 0. The zero-order valence-electron chi connectivity index (χ0n) is 16.7. The Labute approximate surface area is 181 Å². The highest BCUT2D eigenvalue weighted by Gasteiger charge is 2.12. The number of allylic oxidation sites excluding steroid dienone is 3. The first-order valence-electron chi connectivity index (χ1n) is 9.78. The second-order valence-corrected chi connectivity index (χ2v) is 6.79. The van der Waals surface area contributed by atoms with Crippen molar-refractivity contribution < 1.29 is 0 Å². The van der Waals surface area contributed by atoms with Crippen LogP contribution in [0, 0.1) is 22.7 Å². The van der Waals surface area contributed by atoms with Crippen LogP contribution in [0.25, 0.3) is 28.6 Å². The van der Waals surface area contributed by atoms with Crippen LogP contribution in [0.3, 0.4) is 0 Å². The van der Waals surface area contributed by atoms with Crippen molar-refractivity contribution in [3.63, 3.8) is 0 Å². The lowest BCUT2D eigenvalue weighted by atomic mass is 9.99. The molecule has 0 radical (unpaired) electrons. The second-order valence-electron chi connectivity index (χ2n) is 6.79. The Hall–Kier alpha value is -4.67. The van der Waals surface area contributed by atoms with E-state index in [2.05, 4.69) is 0 Å². The molecule has 0 amide bonds. The molecular formula is C27H18N4. The topological polar surface area (TPSA) is 65.4 Å². The molecule has 1 aromatic heterocycles. The standard InChI is InChI=1S/C27H18N4/c28-18-24(19-29)26(21-10-4-1-5-11-21)17-16-23-20-31(25-14-8-3-9-15-25)30-27(23)22-12-6-2-7-13-22/h1-17,20H/b17-16+. The van der Waals surface area contributed by atoms with Gasteiger partial charge in [-0.05, 0) is 17.7 Å². The second kappa shape index (κ2) is 9.22. The van der Waals surface area contributed by atoms with Gasteiger partial charge in [-0.2, -0.15) is 15.6 Å². The lowest BCUT2D eigenvalue weighted by Crippen LogP contribution is -1.93. The summed E-state index contributed by atoms with van der Waals surface area (Å²) in [5.41, 5.74) is 5.11. The van der Waals surface area contributed by atoms with Crippen LogP contribution in [0.5, 0.6) is 0 Å². The predicted molar refractivity (Wildman–Crippen MR) is 123 cm³/mol. The minimum absolute atomic E-state index is 0.0687. The third kappa shape index (κ3) is 4.34. The van der Waals surface area contributed by atoms with Crippen molar-refractivity contribution in [1.82, 2.24) is 9.78 Å². The Morgan fingerprint density at radius 1 is 0.774 bits per heavy atom. The van der Waals surface area contributed by atoms with E-state index in [1.807, 2.05) is 126 Å². The molecule has 0 saturated heterocycles. The summed E-state index contributed by atoms with van der Waals surface area (Å²) >= 11 is 0. The average Bonchev–Trinajstić information content (AvgIpc) is 3.28. The molecule has 0 aliphatic heterocycles. The predicted octanol–water partition coefficient (Wildman–Crippen LogP) is 6.05. The minimum Gasteiger partial charge on any atom is -0.240 e. The van der Waals surface area contributed by atoms with Gasteiger partial charge in [0.15, 0.2) is 0 Å². The summed E-state index contributed by atoms with van der Waals surface area (Å²) < 4.78 is 1.84. The van der Waals surface area contributed by atoms with E-state index in [1.165, 1.54) is 0 Å². The van der Waals surface area contributed by atoms with Crippen LogP contribution >= 0.6 is 0 Å². The molecule has 4 heteroatoms. The summed E-state index contributed by atoms with van der Waals surface area (Å²) in [6.07, 6.45) is 5.68. The van der Waals surface area contributed by atoms with Gasteiger partial charge in [-0.1, -0.05) is 91.0 Å². The fourth-order valence-corrected chi connectivity index (χ4v) is 3.30. The normalized spacial score (nSPS) is 10.4. The Kier molecular flexibility index (Phi) is 5.84. The third-order valence-corrected chi connectivity index (χ3v) is 4.82. The molecule has 0 atom stereocenters. The molecule has 31 heavy (non-hydrogen) atoms. The smallest absolute Gasteiger partial charge is 0.137 e. The number of nitrogens with zero attached hydrogens (tertiary/aromatic N) is 4. The Bertz CT molecular complexity index is 1300. The minimum atomic E-state index is 0.0687. The molecule has 4 rings (SSSR count). The summed E-state index contributed by atoms with van der Waals surface area (Å²) in [4.78, 5) is 0. The lowest BCUT2D eigenvalue weighted by Gasteiger charge is -2.03. The maximum atomic E-state index is 9.46. The van der Waals surface area contributed by atoms with Gasteiger partial charge in [0.05, 0.1) is 11.4 Å². The molecule has 4 nitrogen and oxygen atoms in total. The Morgan fingerprint density at radius 3 is 1.97 bits per heavy atom. The monoisotopic (exact) mass is 398 g/mol. The zero-order chi connectivity index (χ0) is 21.5. The van der Waals surface area contributed by atoms with Gasteiger partial charge in [0.1, 0.15) is 17.7 Å². The van der Waals surface area contributed by atoms with Crippen LogP contribution < -0.4 is 0 Å². The highest BCUT2D eigenvalue weighted by Crippen LogP contribution is 2.27. The van der Waals surface area contributed by atoms with Gasteiger partial charge in [0, 0.05) is 22.9 Å². The first-order chi connectivity index (χ1) is 15.3. The largest absolute Gasteiger partial charge is 0.240 e. The SMILES string of the molecule is N#CC(C#N)=C(/C=C/c1cn(-c2ccccc2)nc1-c1ccccc1)c1ccccc1. The molecule has 0 aliphatic carbocycles. The van der Waals surface area contributed by atoms with Crippen LogP contribution in [0.2, 0.25) is 0 Å². The number of hydrogen-bond acceptors (Lipinski definition) is 3. The van der Waals surface area contributed by atoms with Gasteiger partial charge in [0.2, 0.25) is 0 Å². The average molecular weight is 398 g/mol. The highest BCUT2D eigenvalue weighted by atomic mass is 15.3. The molecule has 0 spiro atoms. The van der Waals surface area contributed by atoms with Gasteiger partial charge in [0.25, 0.3) is 0 Å². The van der Waals surface area contributed by atoms with E-state index in [1.54, 1.807) is 0 Å². The molecule has 0 fully saturated rings. The molecule has 3 aromatic carbocycles. The van der Waals surface area contributed by atoms with Crippen molar-refractivity contribution >= 4 is 11.6 Å². The number of hydrogen-bond donors (Lipinski definition) is 0. The molecule has 0 aliphatic rings. The van der Waals surface area contributed by atoms with Gasteiger partial charge in [-0.3, -0.25) is 0 Å². The molecule has 146 valence electrons. The summed E-state index contributed by atoms with van der Waals surface area (Å²) in [7, 11) is 0. The molecule has 0 bridgehead atoms. The van der Waals surface area contributed by atoms with Crippen LogP contribution in [-0.4, -0.2) is 9.78 Å². The van der Waals surface area contributed by atoms with E-state index in [-0.39, 0.29) is 5.57 Å². The summed E-state index contributed by atoms with van der Waals surface area (Å²) in [5.74, 6) is 0. The number of rotatable bonds is 5. The third-order valence-electron chi connectivity index (χ3n) is 4.82. The van der Waals surface area contributed by atoms with E-state index in [0.717, 1.165) is 28.1 Å². The van der Waals surface area contributed by atoms with Crippen molar-refractivity contribution in [2.75, 3.05) is 0 Å². The number of para-hydroxylation sites is 1. The highest BCUT2D eigenvalue weighted by molar-refractivity contribution is 5.86. The summed E-state index contributed by atoms with van der Waals surface area (Å²) in [6.45, 7) is 0. The first kappa shape index (κ1) is 19.6. The summed E-state index contributed by atoms with van der Waals surface area (Å²) in [6, 6.07) is 33.3. The molecular weight excluding hydrogens is 380 g/mol. The number of nitriles is 2. The first-order valence-corrected chi connectivity index (χ1v) is 9.78. The van der Waals surface area contributed by atoms with Crippen LogP contribution in [0.1, 0.15) is 11.1 Å². The van der Waals surface area contributed by atoms with Crippen LogP contribution in [0.4, 0.5) is 0 Å². The van der Waals surface area contributed by atoms with E-state index in [4.69, 9.17) is 5.10 Å². The molecule has 4 aromatic rings. The van der Waals surface area contributed by atoms with E-state index in [0.29, 0.717) is 5.57 Å². The van der Waals surface area contributed by atoms with Crippen LogP contribution in [0.15, 0.2) is 109 Å². The van der Waals surface area contributed by atoms with Crippen molar-refractivity contribution in [2.24, 2.45) is 0 Å². The number of benzene rings is 3. The molecule has 0 saturated carbocycles. The van der Waals surface area contributed by atoms with Gasteiger partial charge in [-0.15, -0.1) is 0 Å². The van der Waals surface area contributed by atoms with E-state index in [9.17, 15) is 10.5 Å². The Balaban J connectivity index is 1.84. The quantitative estimate of drug-likeness (QED) is 0.303. The van der Waals surface area contributed by atoms with E-state index >= 15 is 0 Å². The molecule has 0 N–H and O–H groups in total. The van der Waals surface area contributed by atoms with Gasteiger partial charge in [-0.25, -0.2) is 4.68 Å². The fourth-order valence-electron chi connectivity index (χ4n) is 3.30. The zero-order valence-corrected chi connectivity index (χ0v) is 16.7. The van der Waals surface area contributed by atoms with Crippen LogP contribution in [-0.2, 0) is 0 Å². The molecule has 1 heterocycles. The maximum Gasteiger partial charge on any atom is 0.137 e. The van der Waals surface area contributed by atoms with Crippen molar-refractivity contribution in [2.45, 2.75) is 0 Å². The number of aromatic nitrogens is 2. The van der Waals surface area contributed by atoms with E-state index < -0.39 is 0 Å².